The number of aromatic nitrogens is 1. The van der Waals surface area contributed by atoms with Gasteiger partial charge in [0.2, 0.25) is 5.88 Å². The third kappa shape index (κ3) is 2.99. The monoisotopic (exact) mass is 264 g/mol. The van der Waals surface area contributed by atoms with Gasteiger partial charge in [-0.2, -0.15) is 0 Å². The van der Waals surface area contributed by atoms with Gasteiger partial charge >= 0.3 is 0 Å². The molecule has 0 bridgehead atoms. The van der Waals surface area contributed by atoms with Gasteiger partial charge in [0, 0.05) is 11.6 Å². The van der Waals surface area contributed by atoms with Crippen LogP contribution in [0, 0.1) is 11.6 Å². The lowest BCUT2D eigenvalue weighted by atomic mass is 10.1. The fraction of sp³-hybridized carbons (Fsp3) is 0.214. The summed E-state index contributed by atoms with van der Waals surface area (Å²) in [6.45, 7) is 1.75. The lowest BCUT2D eigenvalue weighted by Crippen LogP contribution is -2.09. The highest BCUT2D eigenvalue weighted by Crippen LogP contribution is 2.23. The zero-order valence-corrected chi connectivity index (χ0v) is 10.7. The molecule has 1 aromatic carbocycles. The predicted octanol–water partition coefficient (Wildman–Crippen LogP) is 3.54. The number of nitrogens with zero attached hydrogens (tertiary/aromatic N) is 1. The topological polar surface area (TPSA) is 34.1 Å². The Kier molecular flexibility index (Phi) is 3.94. The minimum atomic E-state index is -0.848. The number of nitrogens with one attached hydrogen (secondary N) is 1. The van der Waals surface area contributed by atoms with E-state index >= 15 is 0 Å². The first-order valence-electron chi connectivity index (χ1n) is 5.82. The first-order chi connectivity index (χ1) is 9.11. The van der Waals surface area contributed by atoms with Crippen LogP contribution in [0.15, 0.2) is 36.5 Å². The molecule has 1 atom stereocenters. The third-order valence-electron chi connectivity index (χ3n) is 2.78. The minimum Gasteiger partial charge on any atom is -0.481 e. The van der Waals surface area contributed by atoms with Crippen LogP contribution in [0.5, 0.6) is 5.88 Å². The quantitative estimate of drug-likeness (QED) is 0.917. The molecule has 5 heteroatoms. The molecule has 1 N–H and O–H groups in total. The van der Waals surface area contributed by atoms with Crippen molar-refractivity contribution < 1.29 is 13.5 Å². The lowest BCUT2D eigenvalue weighted by molar-refractivity contribution is 0.398. The number of halogens is 2. The zero-order chi connectivity index (χ0) is 13.8. The van der Waals surface area contributed by atoms with E-state index in [2.05, 4.69) is 10.3 Å². The summed E-state index contributed by atoms with van der Waals surface area (Å²) in [6.07, 6.45) is 1.58. The number of ether oxygens (including phenoxy) is 1. The molecular weight excluding hydrogens is 250 g/mol. The number of hydrogen-bond acceptors (Lipinski definition) is 3. The molecule has 3 nitrogen and oxygen atoms in total. The summed E-state index contributed by atoms with van der Waals surface area (Å²) in [4.78, 5) is 4.03. The van der Waals surface area contributed by atoms with E-state index in [1.807, 2.05) is 0 Å². The SMILES string of the molecule is COc1ccc(NC(C)c2cccc(F)c2F)cn1. The van der Waals surface area contributed by atoms with Crippen molar-refractivity contribution in [3.63, 3.8) is 0 Å². The number of rotatable bonds is 4. The Morgan fingerprint density at radius 2 is 2.00 bits per heavy atom. The van der Waals surface area contributed by atoms with Gasteiger partial charge in [-0.3, -0.25) is 0 Å². The van der Waals surface area contributed by atoms with Crippen LogP contribution in [0.3, 0.4) is 0 Å². The summed E-state index contributed by atoms with van der Waals surface area (Å²) in [5.41, 5.74) is 0.979. The molecule has 0 radical (unpaired) electrons. The van der Waals surface area contributed by atoms with Gasteiger partial charge in [0.05, 0.1) is 25.0 Å². The Morgan fingerprint density at radius 3 is 2.63 bits per heavy atom. The molecule has 0 aliphatic heterocycles. The molecule has 2 aromatic rings. The van der Waals surface area contributed by atoms with E-state index in [1.165, 1.54) is 13.2 Å². The van der Waals surface area contributed by atoms with E-state index in [4.69, 9.17) is 4.74 Å². The number of hydrogen-bond donors (Lipinski definition) is 1. The maximum Gasteiger partial charge on any atom is 0.213 e. The van der Waals surface area contributed by atoms with Crippen LogP contribution in [0.4, 0.5) is 14.5 Å². The van der Waals surface area contributed by atoms with Gasteiger partial charge in [0.1, 0.15) is 0 Å². The first kappa shape index (κ1) is 13.3. The van der Waals surface area contributed by atoms with Crippen LogP contribution in [-0.4, -0.2) is 12.1 Å². The van der Waals surface area contributed by atoms with Gasteiger partial charge in [-0.05, 0) is 19.1 Å². The molecule has 19 heavy (non-hydrogen) atoms. The molecular formula is C14H14F2N2O. The highest BCUT2D eigenvalue weighted by molar-refractivity contribution is 5.44. The highest BCUT2D eigenvalue weighted by Gasteiger charge is 2.14. The molecule has 0 aliphatic rings. The molecule has 0 saturated heterocycles. The molecule has 0 fully saturated rings. The summed E-state index contributed by atoms with van der Waals surface area (Å²) in [6, 6.07) is 7.22. The van der Waals surface area contributed by atoms with Crippen LogP contribution in [-0.2, 0) is 0 Å². The first-order valence-corrected chi connectivity index (χ1v) is 5.82. The summed E-state index contributed by atoms with van der Waals surface area (Å²) in [7, 11) is 1.53. The van der Waals surface area contributed by atoms with Crippen LogP contribution >= 0.6 is 0 Å². The third-order valence-corrected chi connectivity index (χ3v) is 2.78. The van der Waals surface area contributed by atoms with E-state index in [0.29, 0.717) is 11.6 Å². The van der Waals surface area contributed by atoms with Gasteiger partial charge in [-0.25, -0.2) is 13.8 Å². The van der Waals surface area contributed by atoms with Crippen LogP contribution < -0.4 is 10.1 Å². The Balaban J connectivity index is 2.15. The van der Waals surface area contributed by atoms with E-state index in [1.54, 1.807) is 31.3 Å². The summed E-state index contributed by atoms with van der Waals surface area (Å²) in [5, 5.41) is 3.05. The summed E-state index contributed by atoms with van der Waals surface area (Å²) >= 11 is 0. The molecule has 0 saturated carbocycles. The predicted molar refractivity (Wildman–Crippen MR) is 69.2 cm³/mol. The lowest BCUT2D eigenvalue weighted by Gasteiger charge is -2.16. The maximum absolute atomic E-state index is 13.6. The van der Waals surface area contributed by atoms with E-state index in [9.17, 15) is 8.78 Å². The fourth-order valence-corrected chi connectivity index (χ4v) is 1.77. The Morgan fingerprint density at radius 1 is 1.21 bits per heavy atom. The second-order valence-electron chi connectivity index (χ2n) is 4.10. The minimum absolute atomic E-state index is 0.274. The normalized spacial score (nSPS) is 12.0. The molecule has 1 unspecified atom stereocenters. The smallest absolute Gasteiger partial charge is 0.213 e. The van der Waals surface area contributed by atoms with Crippen molar-refractivity contribution in [2.24, 2.45) is 0 Å². The molecule has 1 aromatic heterocycles. The van der Waals surface area contributed by atoms with Crippen molar-refractivity contribution >= 4 is 5.69 Å². The standard InChI is InChI=1S/C14H14F2N2O/c1-9(11-4-3-5-12(15)14(11)16)18-10-6-7-13(19-2)17-8-10/h3-9,18H,1-2H3. The molecule has 1 heterocycles. The highest BCUT2D eigenvalue weighted by atomic mass is 19.2. The zero-order valence-electron chi connectivity index (χ0n) is 10.7. The largest absolute Gasteiger partial charge is 0.481 e. The van der Waals surface area contributed by atoms with Gasteiger partial charge < -0.3 is 10.1 Å². The maximum atomic E-state index is 13.6. The van der Waals surface area contributed by atoms with Crippen molar-refractivity contribution in [1.82, 2.24) is 4.98 Å². The van der Waals surface area contributed by atoms with Crippen molar-refractivity contribution in [2.45, 2.75) is 13.0 Å². The van der Waals surface area contributed by atoms with E-state index in [-0.39, 0.29) is 11.6 Å². The molecule has 2 rings (SSSR count). The molecule has 100 valence electrons. The van der Waals surface area contributed by atoms with Gasteiger partial charge in [-0.15, -0.1) is 0 Å². The summed E-state index contributed by atoms with van der Waals surface area (Å²) in [5.74, 6) is -1.18. The van der Waals surface area contributed by atoms with Gasteiger partial charge in [0.25, 0.3) is 0 Å². The Hall–Kier alpha value is -2.17. The molecule has 0 amide bonds. The van der Waals surface area contributed by atoms with Crippen molar-refractivity contribution in [2.75, 3.05) is 12.4 Å². The fourth-order valence-electron chi connectivity index (χ4n) is 1.77. The second kappa shape index (κ2) is 5.65. The Labute approximate surface area is 110 Å². The molecule has 0 spiro atoms. The van der Waals surface area contributed by atoms with Gasteiger partial charge in [0.15, 0.2) is 11.6 Å². The van der Waals surface area contributed by atoms with Crippen molar-refractivity contribution in [3.05, 3.63) is 53.7 Å². The van der Waals surface area contributed by atoms with Crippen LogP contribution in [0.2, 0.25) is 0 Å². The van der Waals surface area contributed by atoms with E-state index < -0.39 is 11.6 Å². The van der Waals surface area contributed by atoms with Crippen LogP contribution in [0.25, 0.3) is 0 Å². The van der Waals surface area contributed by atoms with Crippen molar-refractivity contribution in [1.29, 1.82) is 0 Å². The second-order valence-corrected chi connectivity index (χ2v) is 4.10. The van der Waals surface area contributed by atoms with E-state index in [0.717, 1.165) is 6.07 Å². The van der Waals surface area contributed by atoms with Crippen LogP contribution in [0.1, 0.15) is 18.5 Å². The Bertz CT molecular complexity index is 558. The van der Waals surface area contributed by atoms with Crippen molar-refractivity contribution in [3.8, 4) is 5.88 Å². The molecule has 0 aliphatic carbocycles. The number of benzene rings is 1. The average Bonchev–Trinajstić information content (AvgIpc) is 2.42. The van der Waals surface area contributed by atoms with Gasteiger partial charge in [-0.1, -0.05) is 12.1 Å². The number of anilines is 1. The summed E-state index contributed by atoms with van der Waals surface area (Å²) < 4.78 is 31.7. The number of pyridine rings is 1. The average molecular weight is 264 g/mol. The number of methoxy groups -OCH3 is 1.